The maximum Gasteiger partial charge on any atom is 0.251 e. The van der Waals surface area contributed by atoms with E-state index in [-0.39, 0.29) is 23.8 Å². The van der Waals surface area contributed by atoms with Gasteiger partial charge in [0, 0.05) is 53.5 Å². The highest BCUT2D eigenvalue weighted by molar-refractivity contribution is 6.14. The van der Waals surface area contributed by atoms with E-state index in [1.165, 1.54) is 12.8 Å². The average Bonchev–Trinajstić information content (AvgIpc) is 3.52. The summed E-state index contributed by atoms with van der Waals surface area (Å²) < 4.78 is 12.1. The van der Waals surface area contributed by atoms with Gasteiger partial charge in [0.05, 0.1) is 30.7 Å². The van der Waals surface area contributed by atoms with Crippen molar-refractivity contribution in [1.29, 1.82) is 5.41 Å². The van der Waals surface area contributed by atoms with Gasteiger partial charge in [-0.3, -0.25) is 20.1 Å². The SMILES string of the molecule is CN1C2COCC1CC(Oc1ccc(C(=N)c3cc(C(=O)NC(c4ccccn4)C4CCCC4)ccc3N)cc1)C2. The van der Waals surface area contributed by atoms with Crippen LogP contribution < -0.4 is 15.8 Å². The number of hydrogen-bond donors (Lipinski definition) is 3. The van der Waals surface area contributed by atoms with E-state index in [0.717, 1.165) is 50.3 Å². The Balaban J connectivity index is 1.15. The van der Waals surface area contributed by atoms with Crippen molar-refractivity contribution in [3.05, 3.63) is 89.2 Å². The number of amides is 1. The van der Waals surface area contributed by atoms with E-state index < -0.39 is 0 Å². The summed E-state index contributed by atoms with van der Waals surface area (Å²) in [6.45, 7) is 1.51. The summed E-state index contributed by atoms with van der Waals surface area (Å²) in [6.07, 6.45) is 8.31. The van der Waals surface area contributed by atoms with Crippen LogP contribution in [0.1, 0.15) is 71.7 Å². The number of nitrogens with one attached hydrogen (secondary N) is 2. The fraction of sp³-hybridized carbons (Fsp3) is 0.424. The van der Waals surface area contributed by atoms with Gasteiger partial charge < -0.3 is 20.5 Å². The monoisotopic (exact) mass is 553 g/mol. The fourth-order valence-electron chi connectivity index (χ4n) is 6.61. The number of hydrogen-bond acceptors (Lipinski definition) is 7. The van der Waals surface area contributed by atoms with E-state index in [2.05, 4.69) is 22.2 Å². The number of nitrogen functional groups attached to an aromatic ring is 1. The zero-order chi connectivity index (χ0) is 28.3. The number of rotatable bonds is 8. The quantitative estimate of drug-likeness (QED) is 0.268. The van der Waals surface area contributed by atoms with Gasteiger partial charge in [0.25, 0.3) is 5.91 Å². The lowest BCUT2D eigenvalue weighted by Crippen LogP contribution is -2.57. The van der Waals surface area contributed by atoms with Gasteiger partial charge in [-0.25, -0.2) is 0 Å². The van der Waals surface area contributed by atoms with Crippen LogP contribution in [0.4, 0.5) is 5.69 Å². The lowest BCUT2D eigenvalue weighted by Gasteiger charge is -2.46. The predicted molar refractivity (Wildman–Crippen MR) is 159 cm³/mol. The first kappa shape index (κ1) is 27.4. The van der Waals surface area contributed by atoms with Crippen molar-refractivity contribution in [2.75, 3.05) is 26.0 Å². The van der Waals surface area contributed by atoms with Crippen LogP contribution in [0, 0.1) is 11.3 Å². The van der Waals surface area contributed by atoms with Gasteiger partial charge >= 0.3 is 0 Å². The lowest BCUT2D eigenvalue weighted by atomic mass is 9.92. The van der Waals surface area contributed by atoms with Crippen LogP contribution in [0.25, 0.3) is 0 Å². The predicted octanol–water partition coefficient (Wildman–Crippen LogP) is 4.98. The van der Waals surface area contributed by atoms with Crippen molar-refractivity contribution < 1.29 is 14.3 Å². The zero-order valence-corrected chi connectivity index (χ0v) is 23.6. The van der Waals surface area contributed by atoms with E-state index in [9.17, 15) is 4.79 Å². The molecule has 3 fully saturated rings. The van der Waals surface area contributed by atoms with Crippen LogP contribution in [0.3, 0.4) is 0 Å². The largest absolute Gasteiger partial charge is 0.490 e. The molecule has 2 aromatic carbocycles. The fourth-order valence-corrected chi connectivity index (χ4v) is 6.61. The second kappa shape index (κ2) is 12.0. The number of carbonyl (C=O) groups excluding carboxylic acids is 1. The summed E-state index contributed by atoms with van der Waals surface area (Å²) in [5.41, 5.74) is 9.65. The van der Waals surface area contributed by atoms with Gasteiger partial charge in [0.15, 0.2) is 0 Å². The third kappa shape index (κ3) is 5.99. The van der Waals surface area contributed by atoms with E-state index in [1.807, 2.05) is 42.5 Å². The van der Waals surface area contributed by atoms with Crippen LogP contribution in [-0.4, -0.2) is 60.0 Å². The number of piperidine rings is 1. The first-order chi connectivity index (χ1) is 20.0. The normalized spacial score (nSPS) is 23.6. The number of aromatic nitrogens is 1. The van der Waals surface area contributed by atoms with Crippen molar-refractivity contribution in [2.45, 2.75) is 62.8 Å². The summed E-state index contributed by atoms with van der Waals surface area (Å²) in [5.74, 6) is 0.978. The summed E-state index contributed by atoms with van der Waals surface area (Å²) in [6, 6.07) is 19.2. The van der Waals surface area contributed by atoms with Gasteiger partial charge in [0.1, 0.15) is 11.9 Å². The molecule has 0 spiro atoms. The van der Waals surface area contributed by atoms with Crippen molar-refractivity contribution in [2.24, 2.45) is 5.92 Å². The number of benzene rings is 2. The molecule has 2 bridgehead atoms. The minimum atomic E-state index is -0.182. The molecule has 3 unspecified atom stereocenters. The molecule has 2 saturated heterocycles. The Kier molecular flexibility index (Phi) is 8.03. The lowest BCUT2D eigenvalue weighted by molar-refractivity contribution is -0.0879. The molecule has 6 rings (SSSR count). The second-order valence-corrected chi connectivity index (χ2v) is 11.7. The van der Waals surface area contributed by atoms with Crippen LogP contribution in [0.5, 0.6) is 5.75 Å². The highest BCUT2D eigenvalue weighted by atomic mass is 16.5. The molecule has 3 aliphatic rings. The Morgan fingerprint density at radius 3 is 2.44 bits per heavy atom. The number of nitrogens with zero attached hydrogens (tertiary/aromatic N) is 2. The van der Waals surface area contributed by atoms with Crippen LogP contribution >= 0.6 is 0 Å². The molecule has 1 aromatic heterocycles. The van der Waals surface area contributed by atoms with Crippen LogP contribution in [0.2, 0.25) is 0 Å². The smallest absolute Gasteiger partial charge is 0.251 e. The van der Waals surface area contributed by atoms with Crippen molar-refractivity contribution in [1.82, 2.24) is 15.2 Å². The standard InChI is InChI=1S/C33H39N5O3/c1-38-24-17-27(18-25(38)20-40-19-24)41-26-12-9-21(10-13-26)31(35)28-16-23(11-14-29(28)34)33(39)37-32(22-6-2-3-7-22)30-8-4-5-15-36-30/h4-5,8-16,22,24-25,27,32,35H,2-3,6-7,17-20,34H2,1H3,(H,37,39). The molecule has 0 radical (unpaired) electrons. The zero-order valence-electron chi connectivity index (χ0n) is 23.6. The summed E-state index contributed by atoms with van der Waals surface area (Å²) in [5, 5.41) is 12.2. The molecule has 4 N–H and O–H groups in total. The van der Waals surface area contributed by atoms with Crippen molar-refractivity contribution >= 4 is 17.3 Å². The molecular formula is C33H39N5O3. The Morgan fingerprint density at radius 2 is 1.76 bits per heavy atom. The van der Waals surface area contributed by atoms with Crippen molar-refractivity contribution in [3.8, 4) is 5.75 Å². The third-order valence-electron chi connectivity index (χ3n) is 9.04. The van der Waals surface area contributed by atoms with Gasteiger partial charge in [-0.2, -0.15) is 0 Å². The average molecular weight is 554 g/mol. The summed E-state index contributed by atoms with van der Waals surface area (Å²) in [7, 11) is 2.17. The maximum atomic E-state index is 13.5. The van der Waals surface area contributed by atoms with E-state index in [1.54, 1.807) is 24.4 Å². The summed E-state index contributed by atoms with van der Waals surface area (Å²) in [4.78, 5) is 20.4. The topological polar surface area (TPSA) is 114 Å². The number of carbonyl (C=O) groups is 1. The first-order valence-corrected chi connectivity index (χ1v) is 14.7. The number of likely N-dealkylation sites (N-methyl/N-ethyl adjacent to an activating group) is 1. The van der Waals surface area contributed by atoms with Crippen LogP contribution in [0.15, 0.2) is 66.9 Å². The number of anilines is 1. The van der Waals surface area contributed by atoms with Crippen molar-refractivity contribution in [3.63, 3.8) is 0 Å². The Morgan fingerprint density at radius 1 is 1.05 bits per heavy atom. The Hall–Kier alpha value is -3.75. The Bertz CT molecular complexity index is 1360. The molecule has 1 aliphatic carbocycles. The molecule has 2 aliphatic heterocycles. The molecule has 3 heterocycles. The van der Waals surface area contributed by atoms with Gasteiger partial charge in [-0.05, 0) is 80.4 Å². The minimum Gasteiger partial charge on any atom is -0.490 e. The molecule has 1 saturated carbocycles. The molecule has 8 heteroatoms. The Labute approximate surface area is 241 Å². The molecule has 41 heavy (non-hydrogen) atoms. The summed E-state index contributed by atoms with van der Waals surface area (Å²) >= 11 is 0. The molecule has 8 nitrogen and oxygen atoms in total. The van der Waals surface area contributed by atoms with E-state index in [0.29, 0.717) is 40.4 Å². The maximum absolute atomic E-state index is 13.5. The number of pyridine rings is 1. The van der Waals surface area contributed by atoms with E-state index in [4.69, 9.17) is 20.6 Å². The third-order valence-corrected chi connectivity index (χ3v) is 9.04. The number of fused-ring (bicyclic) bond motifs is 2. The molecule has 214 valence electrons. The number of morpholine rings is 1. The highest BCUT2D eigenvalue weighted by Crippen LogP contribution is 2.35. The highest BCUT2D eigenvalue weighted by Gasteiger charge is 2.37. The minimum absolute atomic E-state index is 0.143. The number of nitrogens with two attached hydrogens (primary N) is 1. The van der Waals surface area contributed by atoms with Gasteiger partial charge in [-0.15, -0.1) is 0 Å². The number of ether oxygens (including phenoxy) is 2. The van der Waals surface area contributed by atoms with Gasteiger partial charge in [0.2, 0.25) is 0 Å². The van der Waals surface area contributed by atoms with E-state index >= 15 is 0 Å². The molecular weight excluding hydrogens is 514 g/mol. The molecule has 3 aromatic rings. The molecule has 3 atom stereocenters. The van der Waals surface area contributed by atoms with Crippen LogP contribution in [-0.2, 0) is 4.74 Å². The first-order valence-electron chi connectivity index (χ1n) is 14.7. The van der Waals surface area contributed by atoms with Gasteiger partial charge in [-0.1, -0.05) is 18.9 Å². The molecule has 1 amide bonds. The second-order valence-electron chi connectivity index (χ2n) is 11.7.